The number of hydrogen-bond acceptors (Lipinski definition) is 2. The maximum Gasteiger partial charge on any atom is 0.229 e. The molecule has 1 aliphatic carbocycles. The van der Waals surface area contributed by atoms with Crippen molar-refractivity contribution in [3.63, 3.8) is 0 Å². The quantitative estimate of drug-likeness (QED) is 0.838. The van der Waals surface area contributed by atoms with E-state index >= 15 is 0 Å². The van der Waals surface area contributed by atoms with Crippen LogP contribution < -0.4 is 5.32 Å². The van der Waals surface area contributed by atoms with Crippen LogP contribution in [-0.4, -0.2) is 19.8 Å². The van der Waals surface area contributed by atoms with E-state index in [0.29, 0.717) is 13.0 Å². The summed E-state index contributed by atoms with van der Waals surface area (Å²) in [5, 5.41) is 2.93. The number of carbonyl (C=O) groups excluding carboxylic acids is 1. The number of halogens is 2. The van der Waals surface area contributed by atoms with Crippen molar-refractivity contribution in [2.24, 2.45) is 5.41 Å². The second-order valence-electron chi connectivity index (χ2n) is 6.32. The lowest BCUT2D eigenvalue weighted by atomic mass is 10.1. The average Bonchev–Trinajstić information content (AvgIpc) is 2.80. The first-order valence-electron chi connectivity index (χ1n) is 7.53. The van der Waals surface area contributed by atoms with E-state index in [2.05, 4.69) is 27.0 Å². The summed E-state index contributed by atoms with van der Waals surface area (Å²) >= 11 is 12.1. The van der Waals surface area contributed by atoms with Gasteiger partial charge in [0.1, 0.15) is 10.2 Å². The summed E-state index contributed by atoms with van der Waals surface area (Å²) in [4.78, 5) is 16.4. The number of aryl methyl sites for hydroxylation is 1. The van der Waals surface area contributed by atoms with Gasteiger partial charge in [-0.3, -0.25) is 4.79 Å². The molecule has 4 nitrogen and oxygen atoms in total. The summed E-state index contributed by atoms with van der Waals surface area (Å²) < 4.78 is 1.15. The number of amides is 1. The average molecular weight is 352 g/mol. The minimum Gasteiger partial charge on any atom is -0.351 e. The fourth-order valence-electron chi connectivity index (χ4n) is 2.63. The van der Waals surface area contributed by atoms with E-state index in [1.165, 1.54) is 5.56 Å². The zero-order valence-corrected chi connectivity index (χ0v) is 14.7. The van der Waals surface area contributed by atoms with E-state index in [1.54, 1.807) is 13.1 Å². The number of aromatic nitrogens is 2. The molecule has 0 saturated heterocycles. The van der Waals surface area contributed by atoms with Gasteiger partial charge >= 0.3 is 0 Å². The van der Waals surface area contributed by atoms with Gasteiger partial charge in [0.05, 0.1) is 5.41 Å². The molecule has 1 heterocycles. The van der Waals surface area contributed by atoms with Crippen molar-refractivity contribution in [2.75, 3.05) is 0 Å². The standard InChI is InChI=1S/C17H19Cl2N3O/c1-12-20-6-7-22(12)10-14-5-3-4-13(8-14)9-21-15(23)16(2)11-17(16,18)19/h3-8H,9-11H2,1-2H3,(H,21,23). The van der Waals surface area contributed by atoms with Gasteiger partial charge < -0.3 is 9.88 Å². The van der Waals surface area contributed by atoms with Gasteiger partial charge in [-0.05, 0) is 31.4 Å². The largest absolute Gasteiger partial charge is 0.351 e. The number of benzene rings is 1. The third kappa shape index (κ3) is 3.24. The van der Waals surface area contributed by atoms with Crippen LogP contribution in [0.5, 0.6) is 0 Å². The van der Waals surface area contributed by atoms with E-state index in [0.717, 1.165) is 17.9 Å². The SMILES string of the molecule is Cc1nccn1Cc1cccc(CNC(=O)C2(C)CC2(Cl)Cl)c1. The lowest BCUT2D eigenvalue weighted by Gasteiger charge is -2.13. The number of carbonyl (C=O) groups is 1. The predicted molar refractivity (Wildman–Crippen MR) is 91.5 cm³/mol. The fraction of sp³-hybridized carbons (Fsp3) is 0.412. The molecule has 0 aliphatic heterocycles. The number of alkyl halides is 2. The maximum absolute atomic E-state index is 12.2. The first kappa shape index (κ1) is 16.3. The molecule has 1 aromatic heterocycles. The molecule has 1 aliphatic rings. The Morgan fingerprint density at radius 1 is 1.39 bits per heavy atom. The molecule has 1 amide bonds. The van der Waals surface area contributed by atoms with Crippen molar-refractivity contribution in [3.8, 4) is 0 Å². The monoisotopic (exact) mass is 351 g/mol. The lowest BCUT2D eigenvalue weighted by molar-refractivity contribution is -0.125. The first-order chi connectivity index (χ1) is 10.8. The molecule has 1 fully saturated rings. The van der Waals surface area contributed by atoms with Gasteiger partial charge in [-0.2, -0.15) is 0 Å². The molecule has 0 radical (unpaired) electrons. The van der Waals surface area contributed by atoms with E-state index in [-0.39, 0.29) is 5.91 Å². The van der Waals surface area contributed by atoms with Crippen molar-refractivity contribution < 1.29 is 4.79 Å². The summed E-state index contributed by atoms with van der Waals surface area (Å²) in [7, 11) is 0. The smallest absolute Gasteiger partial charge is 0.229 e. The number of rotatable bonds is 5. The molecule has 2 aromatic rings. The second-order valence-corrected chi connectivity index (χ2v) is 7.80. The van der Waals surface area contributed by atoms with E-state index < -0.39 is 9.75 Å². The van der Waals surface area contributed by atoms with E-state index in [1.807, 2.05) is 25.3 Å². The summed E-state index contributed by atoms with van der Waals surface area (Å²) in [5.74, 6) is 0.879. The van der Waals surface area contributed by atoms with Crippen molar-refractivity contribution in [1.82, 2.24) is 14.9 Å². The third-order valence-electron chi connectivity index (χ3n) is 4.48. The molecular weight excluding hydrogens is 333 g/mol. The third-order valence-corrected chi connectivity index (χ3v) is 5.58. The molecule has 1 atom stereocenters. The van der Waals surface area contributed by atoms with Gasteiger partial charge in [-0.1, -0.05) is 24.3 Å². The van der Waals surface area contributed by atoms with Crippen LogP contribution >= 0.6 is 23.2 Å². The van der Waals surface area contributed by atoms with Crippen molar-refractivity contribution in [3.05, 3.63) is 53.6 Å². The molecule has 1 N–H and O–H groups in total. The fourth-order valence-corrected chi connectivity index (χ4v) is 3.34. The maximum atomic E-state index is 12.2. The summed E-state index contributed by atoms with van der Waals surface area (Å²) in [6.07, 6.45) is 4.24. The van der Waals surface area contributed by atoms with E-state index in [9.17, 15) is 4.79 Å². The van der Waals surface area contributed by atoms with Crippen LogP contribution in [0.25, 0.3) is 0 Å². The zero-order chi connectivity index (χ0) is 16.7. The molecule has 0 spiro atoms. The van der Waals surface area contributed by atoms with Crippen molar-refractivity contribution >= 4 is 29.1 Å². The Balaban J connectivity index is 1.62. The number of hydrogen-bond donors (Lipinski definition) is 1. The van der Waals surface area contributed by atoms with Crippen molar-refractivity contribution in [1.29, 1.82) is 0 Å². The van der Waals surface area contributed by atoms with Crippen LogP contribution in [0.1, 0.15) is 30.3 Å². The molecule has 0 bridgehead atoms. The summed E-state index contributed by atoms with van der Waals surface area (Å²) in [6, 6.07) is 8.14. The van der Waals surface area contributed by atoms with Gasteiger partial charge in [0.25, 0.3) is 0 Å². The lowest BCUT2D eigenvalue weighted by Crippen LogP contribution is -2.32. The topological polar surface area (TPSA) is 46.9 Å². The summed E-state index contributed by atoms with van der Waals surface area (Å²) in [6.45, 7) is 5.00. The van der Waals surface area contributed by atoms with Crippen LogP contribution in [0.15, 0.2) is 36.7 Å². The zero-order valence-electron chi connectivity index (χ0n) is 13.1. The molecular formula is C17H19Cl2N3O. The normalized spacial score (nSPS) is 21.9. The predicted octanol–water partition coefficient (Wildman–Crippen LogP) is 3.44. The minimum atomic E-state index is -0.933. The van der Waals surface area contributed by atoms with E-state index in [4.69, 9.17) is 23.2 Å². The molecule has 1 saturated carbocycles. The minimum absolute atomic E-state index is 0.0987. The Bertz CT molecular complexity index is 741. The molecule has 122 valence electrons. The van der Waals surface area contributed by atoms with Crippen LogP contribution in [0.4, 0.5) is 0 Å². The van der Waals surface area contributed by atoms with Crippen LogP contribution in [0, 0.1) is 12.3 Å². The molecule has 23 heavy (non-hydrogen) atoms. The Morgan fingerprint density at radius 3 is 2.70 bits per heavy atom. The molecule has 3 rings (SSSR count). The number of nitrogens with zero attached hydrogens (tertiary/aromatic N) is 2. The highest BCUT2D eigenvalue weighted by atomic mass is 35.5. The Labute approximate surface area is 145 Å². The molecule has 1 unspecified atom stereocenters. The highest BCUT2D eigenvalue weighted by molar-refractivity contribution is 6.53. The van der Waals surface area contributed by atoms with Gasteiger partial charge in [0.2, 0.25) is 5.91 Å². The van der Waals surface area contributed by atoms with Crippen molar-refractivity contribution in [2.45, 2.75) is 37.7 Å². The Kier molecular flexibility index (Phi) is 4.15. The van der Waals surface area contributed by atoms with Crippen LogP contribution in [0.2, 0.25) is 0 Å². The van der Waals surface area contributed by atoms with Gasteiger partial charge in [0.15, 0.2) is 0 Å². The molecule has 1 aromatic carbocycles. The second kappa shape index (κ2) is 5.84. The van der Waals surface area contributed by atoms with Gasteiger partial charge in [0, 0.05) is 25.5 Å². The summed E-state index contributed by atoms with van der Waals surface area (Å²) in [5.41, 5.74) is 1.54. The van der Waals surface area contributed by atoms with Gasteiger partial charge in [-0.25, -0.2) is 4.98 Å². The Hall–Kier alpha value is -1.52. The highest BCUT2D eigenvalue weighted by Crippen LogP contribution is 2.63. The van der Waals surface area contributed by atoms with Gasteiger partial charge in [-0.15, -0.1) is 23.2 Å². The molecule has 6 heteroatoms. The first-order valence-corrected chi connectivity index (χ1v) is 8.29. The van der Waals surface area contributed by atoms with Crippen LogP contribution in [-0.2, 0) is 17.9 Å². The highest BCUT2D eigenvalue weighted by Gasteiger charge is 2.67. The Morgan fingerprint density at radius 2 is 2.09 bits per heavy atom. The number of nitrogens with one attached hydrogen (secondary N) is 1. The van der Waals surface area contributed by atoms with Crippen LogP contribution in [0.3, 0.4) is 0 Å². The number of imidazole rings is 1.